The minimum atomic E-state index is -3.76. The standard InChI is InChI=1S/C22H21ClN2O3S/c1-16(17-8-4-2-5-9-17)15-24-22(26)18-12-13-21(20(23)14-18)25-29(27,28)19-10-6-3-7-11-19/h2-14,16,25H,15H2,1H3,(H,24,26)/t16-/m1/s1. The first kappa shape index (κ1) is 20.9. The Bertz CT molecular complexity index is 1090. The van der Waals surface area contributed by atoms with Gasteiger partial charge in [0.05, 0.1) is 15.6 Å². The number of rotatable bonds is 7. The molecular formula is C22H21ClN2O3S. The van der Waals surface area contributed by atoms with Crippen molar-refractivity contribution in [3.63, 3.8) is 0 Å². The second-order valence-electron chi connectivity index (χ2n) is 6.63. The summed E-state index contributed by atoms with van der Waals surface area (Å²) in [6, 6.07) is 22.4. The van der Waals surface area contributed by atoms with Crippen LogP contribution in [0.3, 0.4) is 0 Å². The number of hydrogen-bond donors (Lipinski definition) is 2. The number of amides is 1. The van der Waals surface area contributed by atoms with Crippen molar-refractivity contribution in [2.24, 2.45) is 0 Å². The van der Waals surface area contributed by atoms with Gasteiger partial charge in [0.15, 0.2) is 0 Å². The molecule has 0 spiro atoms. The van der Waals surface area contributed by atoms with Gasteiger partial charge in [0.25, 0.3) is 15.9 Å². The minimum Gasteiger partial charge on any atom is -0.351 e. The molecule has 0 saturated carbocycles. The molecular weight excluding hydrogens is 408 g/mol. The van der Waals surface area contributed by atoms with Crippen molar-refractivity contribution in [2.45, 2.75) is 17.7 Å². The van der Waals surface area contributed by atoms with Gasteiger partial charge in [-0.2, -0.15) is 0 Å². The smallest absolute Gasteiger partial charge is 0.261 e. The third-order valence-corrected chi connectivity index (χ3v) is 6.16. The normalized spacial score (nSPS) is 12.2. The Morgan fingerprint density at radius 3 is 2.21 bits per heavy atom. The zero-order chi connectivity index (χ0) is 20.9. The van der Waals surface area contributed by atoms with Gasteiger partial charge in [-0.1, -0.05) is 67.1 Å². The fourth-order valence-corrected chi connectivity index (χ4v) is 4.17. The van der Waals surface area contributed by atoms with Crippen LogP contribution in [0.25, 0.3) is 0 Å². The summed E-state index contributed by atoms with van der Waals surface area (Å²) in [4.78, 5) is 12.6. The van der Waals surface area contributed by atoms with Gasteiger partial charge in [-0.05, 0) is 41.8 Å². The van der Waals surface area contributed by atoms with Crippen molar-refractivity contribution < 1.29 is 13.2 Å². The highest BCUT2D eigenvalue weighted by Crippen LogP contribution is 2.26. The second-order valence-corrected chi connectivity index (χ2v) is 8.72. The van der Waals surface area contributed by atoms with Crippen LogP contribution in [0, 0.1) is 0 Å². The third-order valence-electron chi connectivity index (χ3n) is 4.47. The SMILES string of the molecule is C[C@H](CNC(=O)c1ccc(NS(=O)(=O)c2ccccc2)c(Cl)c1)c1ccccc1. The Morgan fingerprint density at radius 2 is 1.59 bits per heavy atom. The Labute approximate surface area is 175 Å². The number of hydrogen-bond acceptors (Lipinski definition) is 3. The summed E-state index contributed by atoms with van der Waals surface area (Å²) in [7, 11) is -3.76. The molecule has 0 unspecified atom stereocenters. The van der Waals surface area contributed by atoms with Crippen LogP contribution in [0.2, 0.25) is 5.02 Å². The molecule has 0 aromatic heterocycles. The minimum absolute atomic E-state index is 0.132. The topological polar surface area (TPSA) is 75.3 Å². The molecule has 5 nitrogen and oxygen atoms in total. The molecule has 29 heavy (non-hydrogen) atoms. The van der Waals surface area contributed by atoms with E-state index in [9.17, 15) is 13.2 Å². The maximum atomic E-state index is 12.4. The van der Waals surface area contributed by atoms with Crippen molar-refractivity contribution in [1.29, 1.82) is 0 Å². The lowest BCUT2D eigenvalue weighted by atomic mass is 10.0. The maximum absolute atomic E-state index is 12.4. The number of benzene rings is 3. The quantitative estimate of drug-likeness (QED) is 0.574. The molecule has 150 valence electrons. The number of sulfonamides is 1. The Kier molecular flexibility index (Phi) is 6.56. The van der Waals surface area contributed by atoms with E-state index in [1.807, 2.05) is 37.3 Å². The first-order valence-electron chi connectivity index (χ1n) is 9.07. The molecule has 0 aliphatic rings. The van der Waals surface area contributed by atoms with Crippen LogP contribution in [0.4, 0.5) is 5.69 Å². The average Bonchev–Trinajstić information content (AvgIpc) is 2.74. The molecule has 0 heterocycles. The van der Waals surface area contributed by atoms with Gasteiger partial charge in [0.2, 0.25) is 0 Å². The van der Waals surface area contributed by atoms with E-state index in [0.717, 1.165) is 5.56 Å². The molecule has 0 radical (unpaired) electrons. The van der Waals surface area contributed by atoms with E-state index >= 15 is 0 Å². The van der Waals surface area contributed by atoms with Gasteiger partial charge >= 0.3 is 0 Å². The average molecular weight is 429 g/mol. The molecule has 0 saturated heterocycles. The van der Waals surface area contributed by atoms with E-state index in [-0.39, 0.29) is 27.4 Å². The molecule has 7 heteroatoms. The van der Waals surface area contributed by atoms with E-state index in [4.69, 9.17) is 11.6 Å². The van der Waals surface area contributed by atoms with Crippen LogP contribution in [0.1, 0.15) is 28.8 Å². The fraction of sp³-hybridized carbons (Fsp3) is 0.136. The molecule has 2 N–H and O–H groups in total. The van der Waals surface area contributed by atoms with E-state index in [0.29, 0.717) is 12.1 Å². The number of anilines is 1. The summed E-state index contributed by atoms with van der Waals surface area (Å²) in [5, 5.41) is 3.03. The zero-order valence-electron chi connectivity index (χ0n) is 15.8. The highest BCUT2D eigenvalue weighted by molar-refractivity contribution is 7.92. The van der Waals surface area contributed by atoms with Crippen molar-refractivity contribution >= 4 is 33.2 Å². The molecule has 0 aliphatic heterocycles. The largest absolute Gasteiger partial charge is 0.351 e. The number of nitrogens with one attached hydrogen (secondary N) is 2. The number of carbonyl (C=O) groups excluding carboxylic acids is 1. The van der Waals surface area contributed by atoms with Crippen LogP contribution in [-0.4, -0.2) is 20.9 Å². The molecule has 0 fully saturated rings. The van der Waals surface area contributed by atoms with E-state index in [1.54, 1.807) is 18.2 Å². The van der Waals surface area contributed by atoms with Crippen molar-refractivity contribution in [2.75, 3.05) is 11.3 Å². The van der Waals surface area contributed by atoms with Crippen molar-refractivity contribution in [3.8, 4) is 0 Å². The Hall–Kier alpha value is -2.83. The molecule has 3 aromatic rings. The summed E-state index contributed by atoms with van der Waals surface area (Å²) in [5.74, 6) is -0.111. The first-order valence-corrected chi connectivity index (χ1v) is 10.9. The van der Waals surface area contributed by atoms with Crippen LogP contribution < -0.4 is 10.0 Å². The monoisotopic (exact) mass is 428 g/mol. The molecule has 0 bridgehead atoms. The predicted molar refractivity (Wildman–Crippen MR) is 116 cm³/mol. The Morgan fingerprint density at radius 1 is 0.966 bits per heavy atom. The maximum Gasteiger partial charge on any atom is 0.261 e. The van der Waals surface area contributed by atoms with Gasteiger partial charge in [0, 0.05) is 12.1 Å². The van der Waals surface area contributed by atoms with Crippen LogP contribution in [0.15, 0.2) is 83.8 Å². The summed E-state index contributed by atoms with van der Waals surface area (Å²) < 4.78 is 27.3. The first-order chi connectivity index (χ1) is 13.9. The van der Waals surface area contributed by atoms with E-state index in [2.05, 4.69) is 10.0 Å². The highest BCUT2D eigenvalue weighted by atomic mass is 35.5. The predicted octanol–water partition coefficient (Wildman–Crippen LogP) is 4.67. The summed E-state index contributed by atoms with van der Waals surface area (Å²) in [6.45, 7) is 2.51. The lowest BCUT2D eigenvalue weighted by Crippen LogP contribution is -2.27. The second kappa shape index (κ2) is 9.11. The number of halogens is 1. The Balaban J connectivity index is 1.66. The van der Waals surface area contributed by atoms with Crippen LogP contribution in [0.5, 0.6) is 0 Å². The van der Waals surface area contributed by atoms with Gasteiger partial charge < -0.3 is 5.32 Å². The molecule has 1 amide bonds. The molecule has 1 atom stereocenters. The van der Waals surface area contributed by atoms with E-state index in [1.165, 1.54) is 30.3 Å². The molecule has 3 aromatic carbocycles. The summed E-state index contributed by atoms with van der Waals surface area (Å²) in [5.41, 5.74) is 1.71. The molecule has 3 rings (SSSR count). The zero-order valence-corrected chi connectivity index (χ0v) is 17.4. The van der Waals surface area contributed by atoms with Gasteiger partial charge in [-0.15, -0.1) is 0 Å². The lowest BCUT2D eigenvalue weighted by Gasteiger charge is -2.14. The van der Waals surface area contributed by atoms with Crippen LogP contribution in [-0.2, 0) is 10.0 Å². The van der Waals surface area contributed by atoms with Gasteiger partial charge in [-0.3, -0.25) is 9.52 Å². The van der Waals surface area contributed by atoms with Crippen LogP contribution >= 0.6 is 11.6 Å². The van der Waals surface area contributed by atoms with Crippen molar-refractivity contribution in [3.05, 3.63) is 95.0 Å². The third kappa shape index (κ3) is 5.37. The summed E-state index contributed by atoms with van der Waals surface area (Å²) in [6.07, 6.45) is 0. The van der Waals surface area contributed by atoms with E-state index < -0.39 is 10.0 Å². The van der Waals surface area contributed by atoms with Gasteiger partial charge in [-0.25, -0.2) is 8.42 Å². The van der Waals surface area contributed by atoms with Crippen molar-refractivity contribution in [1.82, 2.24) is 5.32 Å². The number of carbonyl (C=O) groups is 1. The van der Waals surface area contributed by atoms with Gasteiger partial charge in [0.1, 0.15) is 0 Å². The summed E-state index contributed by atoms with van der Waals surface area (Å²) >= 11 is 6.22. The molecule has 0 aliphatic carbocycles. The lowest BCUT2D eigenvalue weighted by molar-refractivity contribution is 0.0951. The highest BCUT2D eigenvalue weighted by Gasteiger charge is 2.17. The fourth-order valence-electron chi connectivity index (χ4n) is 2.79.